The van der Waals surface area contributed by atoms with Crippen molar-refractivity contribution >= 4 is 11.6 Å². The maximum Gasteiger partial charge on any atom is 0.255 e. The van der Waals surface area contributed by atoms with Crippen molar-refractivity contribution in [1.29, 1.82) is 0 Å². The largest absolute Gasteiger partial charge is 0.392 e. The van der Waals surface area contributed by atoms with Crippen LogP contribution in [0.5, 0.6) is 0 Å². The fraction of sp³-hybridized carbons (Fsp3) is 0.367. The number of benzene rings is 3. The average Bonchev–Trinajstić information content (AvgIpc) is 2.96. The van der Waals surface area contributed by atoms with Gasteiger partial charge >= 0.3 is 0 Å². The van der Waals surface area contributed by atoms with Crippen LogP contribution in [0.1, 0.15) is 46.4 Å². The smallest absolute Gasteiger partial charge is 0.255 e. The van der Waals surface area contributed by atoms with E-state index < -0.39 is 6.29 Å². The van der Waals surface area contributed by atoms with Crippen LogP contribution >= 0.6 is 0 Å². The molecule has 2 saturated heterocycles. The Bertz CT molecular complexity index is 1150. The summed E-state index contributed by atoms with van der Waals surface area (Å²) in [4.78, 5) is 14.9. The summed E-state index contributed by atoms with van der Waals surface area (Å²) in [5, 5.41) is 12.4. The van der Waals surface area contributed by atoms with Crippen molar-refractivity contribution in [3.63, 3.8) is 0 Å². The van der Waals surface area contributed by atoms with Crippen molar-refractivity contribution in [1.82, 2.24) is 4.90 Å². The van der Waals surface area contributed by atoms with E-state index in [9.17, 15) is 9.90 Å². The van der Waals surface area contributed by atoms with Crippen LogP contribution in [-0.4, -0.2) is 54.9 Å². The number of ether oxygens (including phenoxy) is 3. The van der Waals surface area contributed by atoms with Gasteiger partial charge in [0.2, 0.25) is 0 Å². The number of anilines is 1. The third kappa shape index (κ3) is 6.26. The second-order valence-electron chi connectivity index (χ2n) is 9.68. The number of amides is 1. The van der Waals surface area contributed by atoms with Gasteiger partial charge in [-0.15, -0.1) is 0 Å². The van der Waals surface area contributed by atoms with Gasteiger partial charge in [0.05, 0.1) is 32.0 Å². The van der Waals surface area contributed by atoms with Crippen molar-refractivity contribution in [2.24, 2.45) is 5.92 Å². The van der Waals surface area contributed by atoms with E-state index in [1.165, 1.54) is 0 Å². The summed E-state index contributed by atoms with van der Waals surface area (Å²) in [5.74, 6) is -0.0205. The van der Waals surface area contributed by atoms with E-state index in [1.807, 2.05) is 66.7 Å². The Hall–Kier alpha value is -3.07. The molecule has 2 aliphatic heterocycles. The normalized spacial score (nSPS) is 24.5. The lowest BCUT2D eigenvalue weighted by Crippen LogP contribution is -2.47. The highest BCUT2D eigenvalue weighted by atomic mass is 16.7. The third-order valence-electron chi connectivity index (χ3n) is 7.14. The van der Waals surface area contributed by atoms with E-state index in [0.717, 1.165) is 49.5 Å². The van der Waals surface area contributed by atoms with E-state index in [4.69, 9.17) is 14.2 Å². The predicted octanol–water partition coefficient (Wildman–Crippen LogP) is 4.55. The summed E-state index contributed by atoms with van der Waals surface area (Å²) in [6.45, 7) is 6.26. The Morgan fingerprint density at radius 1 is 0.919 bits per heavy atom. The standard InChI is InChI=1S/C30H34N2O5/c1-21-27(19-32-15-17-35-18-16-32)36-30(37-28(21)23-9-7-22(20-33)8-10-23)25-11-13-26(14-12-25)31-29(34)24-5-3-2-4-6-24/h2-14,21,27-28,30,33H,15-20H2,1H3,(H,31,34)/t21-,27+,28+,30+/m0/s1. The molecule has 2 heterocycles. The first-order valence-corrected chi connectivity index (χ1v) is 12.9. The highest BCUT2D eigenvalue weighted by Crippen LogP contribution is 2.42. The number of nitrogens with zero attached hydrogens (tertiary/aromatic N) is 1. The molecule has 0 radical (unpaired) electrons. The maximum atomic E-state index is 12.5. The van der Waals surface area contributed by atoms with Crippen LogP contribution in [0.25, 0.3) is 0 Å². The quantitative estimate of drug-likeness (QED) is 0.493. The van der Waals surface area contributed by atoms with Crippen LogP contribution < -0.4 is 5.32 Å². The molecule has 194 valence electrons. The molecule has 3 aromatic carbocycles. The van der Waals surface area contributed by atoms with E-state index in [2.05, 4.69) is 17.1 Å². The molecule has 1 amide bonds. The molecule has 0 saturated carbocycles. The van der Waals surface area contributed by atoms with E-state index >= 15 is 0 Å². The minimum absolute atomic E-state index is 0.0138. The molecule has 2 N–H and O–H groups in total. The van der Waals surface area contributed by atoms with Crippen LogP contribution in [0.2, 0.25) is 0 Å². The molecule has 4 atom stereocenters. The summed E-state index contributed by atoms with van der Waals surface area (Å²) in [6.07, 6.45) is -0.726. The van der Waals surface area contributed by atoms with Crippen molar-refractivity contribution in [3.05, 3.63) is 101 Å². The molecule has 0 aliphatic carbocycles. The minimum atomic E-state index is -0.538. The molecule has 7 nitrogen and oxygen atoms in total. The molecule has 0 unspecified atom stereocenters. The number of carbonyl (C=O) groups excluding carboxylic acids is 1. The van der Waals surface area contributed by atoms with Gasteiger partial charge in [0.1, 0.15) is 0 Å². The Morgan fingerprint density at radius 3 is 2.27 bits per heavy atom. The number of morpholine rings is 1. The van der Waals surface area contributed by atoms with Crippen LogP contribution in [0.3, 0.4) is 0 Å². The number of carbonyl (C=O) groups is 1. The zero-order valence-corrected chi connectivity index (χ0v) is 21.1. The molecule has 3 aromatic rings. The van der Waals surface area contributed by atoms with E-state index in [1.54, 1.807) is 12.1 Å². The van der Waals surface area contributed by atoms with Crippen LogP contribution in [-0.2, 0) is 20.8 Å². The molecule has 2 aliphatic rings. The number of hydrogen-bond acceptors (Lipinski definition) is 6. The molecule has 0 spiro atoms. The Balaban J connectivity index is 1.34. The zero-order chi connectivity index (χ0) is 25.6. The molecule has 0 bridgehead atoms. The SMILES string of the molecule is C[C@H]1[C@@H](CN2CCOCC2)O[C@@H](c2ccc(NC(=O)c3ccccc3)cc2)O[C@H]1c1ccc(CO)cc1. The fourth-order valence-electron chi connectivity index (χ4n) is 4.88. The second-order valence-corrected chi connectivity index (χ2v) is 9.68. The first-order valence-electron chi connectivity index (χ1n) is 12.9. The fourth-order valence-corrected chi connectivity index (χ4v) is 4.88. The minimum Gasteiger partial charge on any atom is -0.392 e. The highest BCUT2D eigenvalue weighted by molar-refractivity contribution is 6.04. The first kappa shape index (κ1) is 25.6. The molecule has 0 aromatic heterocycles. The third-order valence-corrected chi connectivity index (χ3v) is 7.14. The Kier molecular flexibility index (Phi) is 8.28. The monoisotopic (exact) mass is 502 g/mol. The van der Waals surface area contributed by atoms with Gasteiger partial charge in [-0.05, 0) is 35.4 Å². The zero-order valence-electron chi connectivity index (χ0n) is 21.1. The molecule has 37 heavy (non-hydrogen) atoms. The second kappa shape index (κ2) is 12.0. The molecule has 7 heteroatoms. The number of aliphatic hydroxyl groups is 1. The molecular formula is C30H34N2O5. The van der Waals surface area contributed by atoms with Crippen molar-refractivity contribution in [2.45, 2.75) is 32.0 Å². The average molecular weight is 503 g/mol. The van der Waals surface area contributed by atoms with Gasteiger partial charge in [0, 0.05) is 42.4 Å². The van der Waals surface area contributed by atoms with E-state index in [0.29, 0.717) is 11.3 Å². The first-order chi connectivity index (χ1) is 18.1. The van der Waals surface area contributed by atoms with Crippen LogP contribution in [0.15, 0.2) is 78.9 Å². The van der Waals surface area contributed by atoms with Crippen molar-refractivity contribution in [2.75, 3.05) is 38.2 Å². The van der Waals surface area contributed by atoms with Crippen LogP contribution in [0, 0.1) is 5.92 Å². The van der Waals surface area contributed by atoms with Gasteiger partial charge in [0.15, 0.2) is 6.29 Å². The van der Waals surface area contributed by atoms with Gasteiger partial charge in [-0.2, -0.15) is 0 Å². The summed E-state index contributed by atoms with van der Waals surface area (Å²) in [6, 6.07) is 24.7. The number of rotatable bonds is 7. The number of aliphatic hydroxyl groups excluding tert-OH is 1. The Labute approximate surface area is 218 Å². The lowest BCUT2D eigenvalue weighted by molar-refractivity contribution is -0.277. The van der Waals surface area contributed by atoms with E-state index in [-0.39, 0.29) is 30.6 Å². The van der Waals surface area contributed by atoms with Crippen molar-refractivity contribution < 1.29 is 24.1 Å². The van der Waals surface area contributed by atoms with Crippen LogP contribution in [0.4, 0.5) is 5.69 Å². The van der Waals surface area contributed by atoms with Gasteiger partial charge in [-0.1, -0.05) is 61.5 Å². The van der Waals surface area contributed by atoms with Crippen molar-refractivity contribution in [3.8, 4) is 0 Å². The summed E-state index contributed by atoms with van der Waals surface area (Å²) in [5.41, 5.74) is 4.16. The van der Waals surface area contributed by atoms with Gasteiger partial charge in [-0.25, -0.2) is 0 Å². The highest BCUT2D eigenvalue weighted by Gasteiger charge is 2.39. The summed E-state index contributed by atoms with van der Waals surface area (Å²) in [7, 11) is 0. The lowest BCUT2D eigenvalue weighted by Gasteiger charge is -2.43. The predicted molar refractivity (Wildman–Crippen MR) is 141 cm³/mol. The van der Waals surface area contributed by atoms with Gasteiger partial charge in [0.25, 0.3) is 5.91 Å². The molecule has 5 rings (SSSR count). The molecular weight excluding hydrogens is 468 g/mol. The van der Waals surface area contributed by atoms with Gasteiger partial charge < -0.3 is 24.6 Å². The topological polar surface area (TPSA) is 80.3 Å². The summed E-state index contributed by atoms with van der Waals surface area (Å²) < 4.78 is 18.6. The number of nitrogens with one attached hydrogen (secondary N) is 1. The molecule has 2 fully saturated rings. The summed E-state index contributed by atoms with van der Waals surface area (Å²) >= 11 is 0. The Morgan fingerprint density at radius 2 is 1.59 bits per heavy atom. The number of hydrogen-bond donors (Lipinski definition) is 2. The lowest BCUT2D eigenvalue weighted by atomic mass is 9.90. The van der Waals surface area contributed by atoms with Gasteiger partial charge in [-0.3, -0.25) is 9.69 Å². The maximum absolute atomic E-state index is 12.5.